The van der Waals surface area contributed by atoms with Gasteiger partial charge < -0.3 is 0 Å². The molecule has 0 aromatic heterocycles. The molecule has 1 nitrogen and oxygen atoms in total. The fourth-order valence-corrected chi connectivity index (χ4v) is 3.16. The van der Waals surface area contributed by atoms with Crippen LogP contribution >= 0.6 is 0 Å². The van der Waals surface area contributed by atoms with E-state index in [0.717, 1.165) is 12.8 Å². The highest BCUT2D eigenvalue weighted by molar-refractivity contribution is 5.89. The van der Waals surface area contributed by atoms with Gasteiger partial charge in [0.2, 0.25) is 0 Å². The van der Waals surface area contributed by atoms with Crippen LogP contribution in [-0.2, 0) is 4.79 Å². The fourth-order valence-electron chi connectivity index (χ4n) is 3.16. The lowest BCUT2D eigenvalue weighted by Crippen LogP contribution is -2.37. The highest BCUT2D eigenvalue weighted by Gasteiger charge is 2.38. The van der Waals surface area contributed by atoms with Crippen LogP contribution in [0.5, 0.6) is 0 Å². The van der Waals surface area contributed by atoms with Gasteiger partial charge in [-0.3, -0.25) is 4.79 Å². The van der Waals surface area contributed by atoms with Gasteiger partial charge in [-0.15, -0.1) is 0 Å². The topological polar surface area (TPSA) is 17.1 Å². The molecule has 1 aliphatic carbocycles. The first-order valence-corrected chi connectivity index (χ1v) is 7.41. The van der Waals surface area contributed by atoms with Crippen LogP contribution in [0.25, 0.3) is 0 Å². The van der Waals surface area contributed by atoms with Crippen LogP contribution in [0.2, 0.25) is 0 Å². The van der Waals surface area contributed by atoms with Gasteiger partial charge in [-0.1, -0.05) is 72.6 Å². The van der Waals surface area contributed by atoms with Crippen molar-refractivity contribution in [1.29, 1.82) is 0 Å². The second-order valence-electron chi connectivity index (χ2n) is 7.07. The molecule has 0 unspecified atom stereocenters. The van der Waals surface area contributed by atoms with Crippen LogP contribution in [0, 0.1) is 10.8 Å². The summed E-state index contributed by atoms with van der Waals surface area (Å²) in [5.74, 6) is 0.477. The molecule has 1 heteroatoms. The largest absolute Gasteiger partial charge is 0.299 e. The fraction of sp³-hybridized carbons (Fsp3) is 0.938. The molecule has 0 aliphatic heterocycles. The number of carbonyl (C=O) groups is 1. The lowest BCUT2D eigenvalue weighted by molar-refractivity contribution is -0.136. The second-order valence-corrected chi connectivity index (χ2v) is 7.07. The second kappa shape index (κ2) is 6.02. The Labute approximate surface area is 107 Å². The monoisotopic (exact) mass is 238 g/mol. The Balaban J connectivity index is 2.70. The van der Waals surface area contributed by atoms with Crippen molar-refractivity contribution in [2.75, 3.05) is 0 Å². The number of hydrogen-bond donors (Lipinski definition) is 0. The van der Waals surface area contributed by atoms with E-state index in [4.69, 9.17) is 0 Å². The molecule has 0 aromatic carbocycles. The number of carbonyl (C=O) groups excluding carboxylic acids is 1. The standard InChI is InChI=1S/C16H30O/c1-15(2)12-10-8-6-5-7-9-11-13-16(3,4)14(15)17/h5-13H2,1-4H3. The molecule has 100 valence electrons. The predicted molar refractivity (Wildman–Crippen MR) is 74.1 cm³/mol. The maximum atomic E-state index is 12.6. The number of Topliss-reactive ketones (excluding diaryl/α,β-unsaturated/α-hetero) is 1. The maximum Gasteiger partial charge on any atom is 0.144 e. The van der Waals surface area contributed by atoms with Crippen LogP contribution in [0.3, 0.4) is 0 Å². The van der Waals surface area contributed by atoms with Crippen LogP contribution in [-0.4, -0.2) is 5.78 Å². The Morgan fingerprint density at radius 3 is 1.29 bits per heavy atom. The van der Waals surface area contributed by atoms with Gasteiger partial charge in [-0.2, -0.15) is 0 Å². The summed E-state index contributed by atoms with van der Waals surface area (Å²) in [5, 5.41) is 0. The van der Waals surface area contributed by atoms with E-state index >= 15 is 0 Å². The first-order valence-electron chi connectivity index (χ1n) is 7.41. The van der Waals surface area contributed by atoms with E-state index in [1.807, 2.05) is 0 Å². The lowest BCUT2D eigenvalue weighted by Gasteiger charge is -2.34. The number of rotatable bonds is 0. The summed E-state index contributed by atoms with van der Waals surface area (Å²) < 4.78 is 0. The van der Waals surface area contributed by atoms with Gasteiger partial charge in [-0.25, -0.2) is 0 Å². The van der Waals surface area contributed by atoms with Gasteiger partial charge in [0.05, 0.1) is 0 Å². The maximum absolute atomic E-state index is 12.6. The van der Waals surface area contributed by atoms with Crippen LogP contribution < -0.4 is 0 Å². The van der Waals surface area contributed by atoms with E-state index in [1.165, 1.54) is 44.9 Å². The van der Waals surface area contributed by atoms with E-state index in [9.17, 15) is 4.79 Å². The molecule has 1 saturated carbocycles. The molecule has 0 atom stereocenters. The van der Waals surface area contributed by atoms with Gasteiger partial charge in [0.1, 0.15) is 5.78 Å². The third kappa shape index (κ3) is 4.44. The van der Waals surface area contributed by atoms with Gasteiger partial charge in [-0.05, 0) is 12.8 Å². The Morgan fingerprint density at radius 2 is 0.941 bits per heavy atom. The third-order valence-electron chi connectivity index (χ3n) is 4.33. The minimum absolute atomic E-state index is 0.122. The van der Waals surface area contributed by atoms with Crippen LogP contribution in [0.15, 0.2) is 0 Å². The van der Waals surface area contributed by atoms with Gasteiger partial charge in [0.15, 0.2) is 0 Å². The first kappa shape index (κ1) is 14.7. The van der Waals surface area contributed by atoms with Crippen molar-refractivity contribution in [3.63, 3.8) is 0 Å². The van der Waals surface area contributed by atoms with Crippen molar-refractivity contribution in [2.45, 2.75) is 85.5 Å². The van der Waals surface area contributed by atoms with E-state index in [0.29, 0.717) is 5.78 Å². The third-order valence-corrected chi connectivity index (χ3v) is 4.33. The summed E-state index contributed by atoms with van der Waals surface area (Å²) >= 11 is 0. The number of ketones is 1. The van der Waals surface area contributed by atoms with Crippen molar-refractivity contribution in [2.24, 2.45) is 10.8 Å². The van der Waals surface area contributed by atoms with Gasteiger partial charge >= 0.3 is 0 Å². The van der Waals surface area contributed by atoms with Crippen molar-refractivity contribution in [1.82, 2.24) is 0 Å². The molecule has 1 fully saturated rings. The van der Waals surface area contributed by atoms with E-state index in [2.05, 4.69) is 27.7 Å². The summed E-state index contributed by atoms with van der Waals surface area (Å²) in [4.78, 5) is 12.6. The molecular formula is C16H30O. The normalized spacial score (nSPS) is 26.9. The molecular weight excluding hydrogens is 208 g/mol. The smallest absolute Gasteiger partial charge is 0.144 e. The highest BCUT2D eigenvalue weighted by Crippen LogP contribution is 2.37. The van der Waals surface area contributed by atoms with E-state index in [1.54, 1.807) is 0 Å². The zero-order valence-electron chi connectivity index (χ0n) is 12.3. The predicted octanol–water partition coefficient (Wildman–Crippen LogP) is 5.13. The molecule has 17 heavy (non-hydrogen) atoms. The van der Waals surface area contributed by atoms with E-state index in [-0.39, 0.29) is 10.8 Å². The quantitative estimate of drug-likeness (QED) is 0.571. The molecule has 0 N–H and O–H groups in total. The summed E-state index contributed by atoms with van der Waals surface area (Å²) in [6.45, 7) is 8.57. The highest BCUT2D eigenvalue weighted by atomic mass is 16.1. The van der Waals surface area contributed by atoms with Crippen molar-refractivity contribution in [3.8, 4) is 0 Å². The summed E-state index contributed by atoms with van der Waals surface area (Å²) in [5.41, 5.74) is -0.245. The van der Waals surface area contributed by atoms with E-state index < -0.39 is 0 Å². The average Bonchev–Trinajstić information content (AvgIpc) is 2.24. The molecule has 0 radical (unpaired) electrons. The van der Waals surface area contributed by atoms with Crippen molar-refractivity contribution < 1.29 is 4.79 Å². The Bertz CT molecular complexity index is 226. The summed E-state index contributed by atoms with van der Waals surface area (Å²) in [6, 6.07) is 0. The zero-order valence-corrected chi connectivity index (χ0v) is 12.3. The number of hydrogen-bond acceptors (Lipinski definition) is 1. The first-order chi connectivity index (χ1) is 7.86. The zero-order chi connectivity index (χ0) is 12.9. The minimum Gasteiger partial charge on any atom is -0.299 e. The lowest BCUT2D eigenvalue weighted by atomic mass is 9.69. The SMILES string of the molecule is CC1(C)CCCCCCCCCC(C)(C)C1=O. The molecule has 0 heterocycles. The van der Waals surface area contributed by atoms with Crippen molar-refractivity contribution >= 4 is 5.78 Å². The molecule has 0 bridgehead atoms. The van der Waals surface area contributed by atoms with Crippen molar-refractivity contribution in [3.05, 3.63) is 0 Å². The summed E-state index contributed by atoms with van der Waals surface area (Å²) in [6.07, 6.45) is 11.3. The van der Waals surface area contributed by atoms with Crippen LogP contribution in [0.4, 0.5) is 0 Å². The summed E-state index contributed by atoms with van der Waals surface area (Å²) in [7, 11) is 0. The minimum atomic E-state index is -0.122. The molecule has 0 saturated heterocycles. The molecule has 0 spiro atoms. The molecule has 0 aromatic rings. The van der Waals surface area contributed by atoms with Gasteiger partial charge in [0.25, 0.3) is 0 Å². The Hall–Kier alpha value is -0.330. The molecule has 1 rings (SSSR count). The Kier molecular flexibility index (Phi) is 5.22. The van der Waals surface area contributed by atoms with Crippen LogP contribution in [0.1, 0.15) is 85.5 Å². The molecule has 1 aliphatic rings. The Morgan fingerprint density at radius 1 is 0.647 bits per heavy atom. The average molecular weight is 238 g/mol. The molecule has 0 amide bonds. The van der Waals surface area contributed by atoms with Gasteiger partial charge in [0, 0.05) is 10.8 Å².